The van der Waals surface area contributed by atoms with Gasteiger partial charge < -0.3 is 5.32 Å². The van der Waals surface area contributed by atoms with Crippen molar-refractivity contribution in [2.45, 2.75) is 58.0 Å². The van der Waals surface area contributed by atoms with Gasteiger partial charge in [0.05, 0.1) is 0 Å². The highest BCUT2D eigenvalue weighted by molar-refractivity contribution is 7.89. The molecule has 4 nitrogen and oxygen atoms in total. The molecule has 0 saturated carbocycles. The van der Waals surface area contributed by atoms with E-state index in [2.05, 4.69) is 17.0 Å². The van der Waals surface area contributed by atoms with Crippen molar-refractivity contribution in [1.29, 1.82) is 0 Å². The maximum Gasteiger partial charge on any atom is 0.242 e. The summed E-state index contributed by atoms with van der Waals surface area (Å²) in [6, 6.07) is 0. The molecule has 6 heteroatoms. The van der Waals surface area contributed by atoms with E-state index in [9.17, 15) is 8.42 Å². The molecule has 0 aliphatic carbocycles. The second-order valence-corrected chi connectivity index (χ2v) is 8.29. The van der Waals surface area contributed by atoms with E-state index < -0.39 is 15.6 Å². The Morgan fingerprint density at radius 2 is 1.95 bits per heavy atom. The van der Waals surface area contributed by atoms with Crippen molar-refractivity contribution in [3.05, 3.63) is 15.8 Å². The number of aryl methyl sites for hydroxylation is 1. The Balaban J connectivity index is 3.02. The lowest BCUT2D eigenvalue weighted by molar-refractivity contribution is 0.490. The minimum Gasteiger partial charge on any atom is -0.312 e. The highest BCUT2D eigenvalue weighted by atomic mass is 32.2. The van der Waals surface area contributed by atoms with Gasteiger partial charge in [0, 0.05) is 17.0 Å². The molecule has 1 aromatic heterocycles. The lowest BCUT2D eigenvalue weighted by atomic mass is 10.1. The summed E-state index contributed by atoms with van der Waals surface area (Å²) in [5.41, 5.74) is 0.344. The minimum absolute atomic E-state index is 0.441. The lowest BCUT2D eigenvalue weighted by Gasteiger charge is -2.21. The Labute approximate surface area is 120 Å². The molecule has 0 aliphatic heterocycles. The zero-order valence-corrected chi connectivity index (χ0v) is 14.0. The van der Waals surface area contributed by atoms with Crippen LogP contribution in [0.1, 0.15) is 44.6 Å². The SMILES string of the molecule is CCCNCc1scc(C)c1S(=O)(=O)NC(C)(C)C. The third-order valence-corrected chi connectivity index (χ3v) is 5.63. The quantitative estimate of drug-likeness (QED) is 0.794. The average molecular weight is 304 g/mol. The van der Waals surface area contributed by atoms with Crippen LogP contribution in [0, 0.1) is 6.92 Å². The summed E-state index contributed by atoms with van der Waals surface area (Å²) in [7, 11) is -3.45. The van der Waals surface area contributed by atoms with Gasteiger partial charge in [-0.2, -0.15) is 0 Å². The molecule has 19 heavy (non-hydrogen) atoms. The van der Waals surface area contributed by atoms with Crippen molar-refractivity contribution < 1.29 is 8.42 Å². The zero-order valence-electron chi connectivity index (χ0n) is 12.3. The maximum atomic E-state index is 12.5. The van der Waals surface area contributed by atoms with Crippen LogP contribution in [0.3, 0.4) is 0 Å². The summed E-state index contributed by atoms with van der Waals surface area (Å²) in [5, 5.41) is 5.16. The molecule has 1 rings (SSSR count). The average Bonchev–Trinajstić information content (AvgIpc) is 2.57. The summed E-state index contributed by atoms with van der Waals surface area (Å²) < 4.78 is 27.6. The van der Waals surface area contributed by atoms with E-state index in [0.29, 0.717) is 11.4 Å². The van der Waals surface area contributed by atoms with E-state index in [0.717, 1.165) is 23.4 Å². The molecule has 0 fully saturated rings. The number of nitrogens with one attached hydrogen (secondary N) is 2. The van der Waals surface area contributed by atoms with Crippen LogP contribution in [0.2, 0.25) is 0 Å². The highest BCUT2D eigenvalue weighted by Gasteiger charge is 2.27. The van der Waals surface area contributed by atoms with Crippen LogP contribution < -0.4 is 10.0 Å². The molecule has 0 spiro atoms. The Morgan fingerprint density at radius 1 is 1.32 bits per heavy atom. The molecule has 0 amide bonds. The van der Waals surface area contributed by atoms with Crippen molar-refractivity contribution in [3.8, 4) is 0 Å². The van der Waals surface area contributed by atoms with E-state index in [1.165, 1.54) is 11.3 Å². The van der Waals surface area contributed by atoms with Crippen molar-refractivity contribution in [3.63, 3.8) is 0 Å². The van der Waals surface area contributed by atoms with Gasteiger partial charge in [0.15, 0.2) is 0 Å². The molecule has 0 bridgehead atoms. The van der Waals surface area contributed by atoms with E-state index in [1.807, 2.05) is 33.1 Å². The Hall–Kier alpha value is -0.430. The van der Waals surface area contributed by atoms with Gasteiger partial charge in [0.2, 0.25) is 10.0 Å². The van der Waals surface area contributed by atoms with Gasteiger partial charge in [-0.15, -0.1) is 11.3 Å². The van der Waals surface area contributed by atoms with Crippen molar-refractivity contribution >= 4 is 21.4 Å². The van der Waals surface area contributed by atoms with Crippen molar-refractivity contribution in [2.75, 3.05) is 6.54 Å². The van der Waals surface area contributed by atoms with Crippen LogP contribution in [0.5, 0.6) is 0 Å². The smallest absolute Gasteiger partial charge is 0.242 e. The monoisotopic (exact) mass is 304 g/mol. The Bertz CT molecular complexity index is 513. The fourth-order valence-corrected chi connectivity index (χ4v) is 5.00. The molecule has 0 aliphatic rings. The van der Waals surface area contributed by atoms with E-state index in [-0.39, 0.29) is 0 Å². The van der Waals surface area contributed by atoms with Crippen molar-refractivity contribution in [2.24, 2.45) is 0 Å². The molecular formula is C13H24N2O2S2. The zero-order chi connectivity index (χ0) is 14.7. The first kappa shape index (κ1) is 16.6. The summed E-state index contributed by atoms with van der Waals surface area (Å²) in [4.78, 5) is 1.32. The first-order chi connectivity index (χ1) is 8.67. The number of hydrogen-bond donors (Lipinski definition) is 2. The van der Waals surface area contributed by atoms with Crippen LogP contribution in [-0.4, -0.2) is 20.5 Å². The predicted octanol–water partition coefficient (Wildman–Crippen LogP) is 2.63. The fraction of sp³-hybridized carbons (Fsp3) is 0.692. The lowest BCUT2D eigenvalue weighted by Crippen LogP contribution is -2.41. The molecule has 0 unspecified atom stereocenters. The fourth-order valence-electron chi connectivity index (χ4n) is 1.80. The van der Waals surface area contributed by atoms with Crippen LogP contribution in [-0.2, 0) is 16.6 Å². The normalized spacial score (nSPS) is 12.9. The minimum atomic E-state index is -3.45. The van der Waals surface area contributed by atoms with Crippen LogP contribution in [0.4, 0.5) is 0 Å². The molecule has 2 N–H and O–H groups in total. The summed E-state index contributed by atoms with van der Waals surface area (Å²) in [6.07, 6.45) is 1.03. The largest absolute Gasteiger partial charge is 0.312 e. The molecule has 110 valence electrons. The first-order valence-corrected chi connectivity index (χ1v) is 8.85. The molecular weight excluding hydrogens is 280 g/mol. The van der Waals surface area contributed by atoms with Gasteiger partial charge in [-0.05, 0) is 51.6 Å². The summed E-state index contributed by atoms with van der Waals surface area (Å²) in [6.45, 7) is 11.0. The van der Waals surface area contributed by atoms with E-state index in [1.54, 1.807) is 0 Å². The standard InChI is InChI=1S/C13H24N2O2S2/c1-6-7-14-8-11-12(10(2)9-18-11)19(16,17)15-13(3,4)5/h9,14-15H,6-8H2,1-5H3. The predicted molar refractivity (Wildman–Crippen MR) is 81.1 cm³/mol. The third kappa shape index (κ3) is 4.87. The van der Waals surface area contributed by atoms with Gasteiger partial charge in [-0.3, -0.25) is 0 Å². The van der Waals surface area contributed by atoms with E-state index >= 15 is 0 Å². The second kappa shape index (κ2) is 6.35. The Morgan fingerprint density at radius 3 is 2.47 bits per heavy atom. The highest BCUT2D eigenvalue weighted by Crippen LogP contribution is 2.27. The number of hydrogen-bond acceptors (Lipinski definition) is 4. The molecule has 0 saturated heterocycles. The van der Waals surface area contributed by atoms with Crippen LogP contribution in [0.15, 0.2) is 10.3 Å². The number of rotatable bonds is 6. The molecule has 1 aromatic rings. The first-order valence-electron chi connectivity index (χ1n) is 6.49. The van der Waals surface area contributed by atoms with Crippen LogP contribution >= 0.6 is 11.3 Å². The van der Waals surface area contributed by atoms with Crippen molar-refractivity contribution in [1.82, 2.24) is 10.0 Å². The van der Waals surface area contributed by atoms with Gasteiger partial charge in [-0.1, -0.05) is 6.92 Å². The molecule has 0 radical (unpaired) electrons. The number of thiophene rings is 1. The van der Waals surface area contributed by atoms with Crippen LogP contribution in [0.25, 0.3) is 0 Å². The Kier molecular flexibility index (Phi) is 5.55. The maximum absolute atomic E-state index is 12.5. The second-order valence-electron chi connectivity index (χ2n) is 5.70. The summed E-state index contributed by atoms with van der Waals surface area (Å²) in [5.74, 6) is 0. The van der Waals surface area contributed by atoms with E-state index in [4.69, 9.17) is 0 Å². The molecule has 0 atom stereocenters. The topological polar surface area (TPSA) is 58.2 Å². The molecule has 1 heterocycles. The van der Waals surface area contributed by atoms with Gasteiger partial charge in [-0.25, -0.2) is 13.1 Å². The van der Waals surface area contributed by atoms with Gasteiger partial charge in [0.25, 0.3) is 0 Å². The summed E-state index contributed by atoms with van der Waals surface area (Å²) >= 11 is 1.50. The molecule has 0 aromatic carbocycles. The van der Waals surface area contributed by atoms with Gasteiger partial charge >= 0.3 is 0 Å². The third-order valence-electron chi connectivity index (χ3n) is 2.41. The van der Waals surface area contributed by atoms with Gasteiger partial charge in [0.1, 0.15) is 4.90 Å². The number of sulfonamides is 1.